The van der Waals surface area contributed by atoms with Crippen LogP contribution in [0.4, 0.5) is 17.5 Å². The van der Waals surface area contributed by atoms with Crippen LogP contribution in [0.15, 0.2) is 30.5 Å². The Morgan fingerprint density at radius 2 is 2.03 bits per heavy atom. The zero-order chi connectivity index (χ0) is 20.6. The largest absolute Gasteiger partial charge is 0.493 e. The highest BCUT2D eigenvalue weighted by Crippen LogP contribution is 2.31. The van der Waals surface area contributed by atoms with Gasteiger partial charge in [-0.25, -0.2) is 4.98 Å². The highest BCUT2D eigenvalue weighted by molar-refractivity contribution is 5.60. The molecule has 0 aliphatic carbocycles. The summed E-state index contributed by atoms with van der Waals surface area (Å²) in [4.78, 5) is 11.4. The van der Waals surface area contributed by atoms with Gasteiger partial charge in [-0.3, -0.25) is 0 Å². The summed E-state index contributed by atoms with van der Waals surface area (Å²) in [6, 6.07) is 7.64. The van der Waals surface area contributed by atoms with E-state index in [0.717, 1.165) is 55.7 Å². The molecule has 2 saturated heterocycles. The van der Waals surface area contributed by atoms with Crippen LogP contribution in [0.3, 0.4) is 0 Å². The lowest BCUT2D eigenvalue weighted by Crippen LogP contribution is -2.33. The Balaban J connectivity index is 1.32. The number of hydrogen-bond donors (Lipinski definition) is 2. The van der Waals surface area contributed by atoms with Crippen LogP contribution in [0.1, 0.15) is 19.3 Å². The Morgan fingerprint density at radius 1 is 1.17 bits per heavy atom. The Hall–Kier alpha value is -2.58. The van der Waals surface area contributed by atoms with Gasteiger partial charge in [0, 0.05) is 37.0 Å². The molecule has 0 saturated carbocycles. The van der Waals surface area contributed by atoms with E-state index in [1.807, 2.05) is 24.3 Å². The van der Waals surface area contributed by atoms with Crippen molar-refractivity contribution >= 4 is 17.5 Å². The second-order valence-corrected chi connectivity index (χ2v) is 7.79. The van der Waals surface area contributed by atoms with Gasteiger partial charge < -0.3 is 29.7 Å². The Labute approximate surface area is 177 Å². The molecule has 0 radical (unpaired) electrons. The van der Waals surface area contributed by atoms with Crippen LogP contribution >= 0.6 is 0 Å². The minimum absolute atomic E-state index is 0.537. The van der Waals surface area contributed by atoms with Crippen LogP contribution in [-0.4, -0.2) is 68.0 Å². The van der Waals surface area contributed by atoms with Crippen LogP contribution in [-0.2, 0) is 4.74 Å². The lowest BCUT2D eigenvalue weighted by Gasteiger charge is -2.26. The van der Waals surface area contributed by atoms with Crippen molar-refractivity contribution in [2.24, 2.45) is 5.92 Å². The van der Waals surface area contributed by atoms with E-state index in [2.05, 4.69) is 25.5 Å². The molecule has 8 heteroatoms. The number of rotatable bonds is 11. The minimum atomic E-state index is 0.537. The summed E-state index contributed by atoms with van der Waals surface area (Å²) in [5.74, 6) is 3.34. The summed E-state index contributed by atoms with van der Waals surface area (Å²) in [6.45, 7) is 6.66. The first kappa shape index (κ1) is 20.7. The van der Waals surface area contributed by atoms with Crippen molar-refractivity contribution in [2.75, 3.05) is 63.7 Å². The normalized spacial score (nSPS) is 16.8. The third-order valence-electron chi connectivity index (χ3n) is 5.43. The van der Waals surface area contributed by atoms with Crippen molar-refractivity contribution in [1.82, 2.24) is 14.9 Å². The van der Waals surface area contributed by atoms with Crippen molar-refractivity contribution in [1.29, 1.82) is 0 Å². The summed E-state index contributed by atoms with van der Waals surface area (Å²) in [5.41, 5.74) is 0.856. The first-order chi connectivity index (χ1) is 14.8. The molecule has 162 valence electrons. The van der Waals surface area contributed by atoms with Crippen molar-refractivity contribution in [3.8, 4) is 11.5 Å². The van der Waals surface area contributed by atoms with Gasteiger partial charge in [0.05, 0.1) is 26.9 Å². The van der Waals surface area contributed by atoms with Gasteiger partial charge in [-0.2, -0.15) is 4.98 Å². The quantitative estimate of drug-likeness (QED) is 0.544. The summed E-state index contributed by atoms with van der Waals surface area (Å²) >= 11 is 0. The Kier molecular flexibility index (Phi) is 7.20. The van der Waals surface area contributed by atoms with Gasteiger partial charge in [0.1, 0.15) is 5.82 Å². The van der Waals surface area contributed by atoms with Crippen LogP contribution in [0, 0.1) is 5.92 Å². The summed E-state index contributed by atoms with van der Waals surface area (Å²) in [6.07, 6.45) is 5.38. The molecule has 0 bridgehead atoms. The molecular formula is C22H31N5O3. The van der Waals surface area contributed by atoms with Crippen molar-refractivity contribution in [2.45, 2.75) is 19.3 Å². The number of likely N-dealkylation sites (tertiary alicyclic amines) is 1. The van der Waals surface area contributed by atoms with Gasteiger partial charge in [0.2, 0.25) is 5.95 Å². The maximum Gasteiger partial charge on any atom is 0.229 e. The summed E-state index contributed by atoms with van der Waals surface area (Å²) in [5, 5.41) is 6.60. The van der Waals surface area contributed by atoms with E-state index >= 15 is 0 Å². The van der Waals surface area contributed by atoms with E-state index in [4.69, 9.17) is 14.2 Å². The topological polar surface area (TPSA) is 80.8 Å². The maximum atomic E-state index is 6.02. The molecular weight excluding hydrogens is 382 g/mol. The highest BCUT2D eigenvalue weighted by atomic mass is 16.5. The number of benzene rings is 1. The molecule has 0 amide bonds. The van der Waals surface area contributed by atoms with Gasteiger partial charge in [-0.05, 0) is 50.6 Å². The third kappa shape index (κ3) is 5.73. The smallest absolute Gasteiger partial charge is 0.229 e. The third-order valence-corrected chi connectivity index (χ3v) is 5.43. The van der Waals surface area contributed by atoms with Crippen molar-refractivity contribution in [3.05, 3.63) is 30.5 Å². The molecule has 0 unspecified atom stereocenters. The summed E-state index contributed by atoms with van der Waals surface area (Å²) in [7, 11) is 1.66. The lowest BCUT2D eigenvalue weighted by molar-refractivity contribution is -0.0248. The van der Waals surface area contributed by atoms with Gasteiger partial charge >= 0.3 is 0 Å². The van der Waals surface area contributed by atoms with Crippen LogP contribution < -0.4 is 20.1 Å². The summed E-state index contributed by atoms with van der Waals surface area (Å²) < 4.78 is 16.7. The zero-order valence-corrected chi connectivity index (χ0v) is 17.6. The van der Waals surface area contributed by atoms with Crippen LogP contribution in [0.2, 0.25) is 0 Å². The van der Waals surface area contributed by atoms with Crippen LogP contribution in [0.25, 0.3) is 0 Å². The molecule has 4 rings (SSSR count). The SMILES string of the molecule is COc1ccc(Nc2nccc(NCC3COC3)n2)cc1OCCCN1CCCC1. The first-order valence-electron chi connectivity index (χ1n) is 10.7. The number of nitrogens with one attached hydrogen (secondary N) is 2. The molecule has 0 atom stereocenters. The van der Waals surface area contributed by atoms with E-state index in [9.17, 15) is 0 Å². The highest BCUT2D eigenvalue weighted by Gasteiger charge is 2.18. The second-order valence-electron chi connectivity index (χ2n) is 7.79. The number of hydrogen-bond acceptors (Lipinski definition) is 8. The molecule has 0 spiro atoms. The van der Waals surface area contributed by atoms with Gasteiger partial charge in [0.15, 0.2) is 11.5 Å². The molecule has 3 heterocycles. The molecule has 30 heavy (non-hydrogen) atoms. The van der Waals surface area contributed by atoms with E-state index in [1.165, 1.54) is 25.9 Å². The van der Waals surface area contributed by atoms with Crippen LogP contribution in [0.5, 0.6) is 11.5 Å². The minimum Gasteiger partial charge on any atom is -0.493 e. The number of aromatic nitrogens is 2. The number of anilines is 3. The van der Waals surface area contributed by atoms with Gasteiger partial charge in [-0.1, -0.05) is 0 Å². The van der Waals surface area contributed by atoms with E-state index in [-0.39, 0.29) is 0 Å². The number of methoxy groups -OCH3 is 1. The molecule has 2 fully saturated rings. The van der Waals surface area contributed by atoms with Gasteiger partial charge in [-0.15, -0.1) is 0 Å². The predicted molar refractivity (Wildman–Crippen MR) is 117 cm³/mol. The zero-order valence-electron chi connectivity index (χ0n) is 17.6. The average Bonchev–Trinajstić information content (AvgIpc) is 3.24. The van der Waals surface area contributed by atoms with Gasteiger partial charge in [0.25, 0.3) is 0 Å². The fraction of sp³-hybridized carbons (Fsp3) is 0.545. The fourth-order valence-electron chi connectivity index (χ4n) is 3.64. The molecule has 1 aromatic heterocycles. The fourth-order valence-corrected chi connectivity index (χ4v) is 3.64. The molecule has 2 aliphatic rings. The first-order valence-corrected chi connectivity index (χ1v) is 10.7. The molecule has 2 aromatic rings. The Bertz CT molecular complexity index is 809. The average molecular weight is 414 g/mol. The maximum absolute atomic E-state index is 6.02. The predicted octanol–water partition coefficient (Wildman–Crippen LogP) is 3.15. The van der Waals surface area contributed by atoms with E-state index in [0.29, 0.717) is 18.5 Å². The van der Waals surface area contributed by atoms with Crippen molar-refractivity contribution in [3.63, 3.8) is 0 Å². The number of ether oxygens (including phenoxy) is 3. The molecule has 2 aliphatic heterocycles. The molecule has 8 nitrogen and oxygen atoms in total. The van der Waals surface area contributed by atoms with Crippen molar-refractivity contribution < 1.29 is 14.2 Å². The molecule has 2 N–H and O–H groups in total. The second kappa shape index (κ2) is 10.4. The Morgan fingerprint density at radius 3 is 2.80 bits per heavy atom. The lowest BCUT2D eigenvalue weighted by atomic mass is 10.1. The van der Waals surface area contributed by atoms with E-state index in [1.54, 1.807) is 13.3 Å². The van der Waals surface area contributed by atoms with E-state index < -0.39 is 0 Å². The molecule has 1 aromatic carbocycles. The monoisotopic (exact) mass is 413 g/mol. The number of nitrogens with zero attached hydrogens (tertiary/aromatic N) is 3. The standard InChI is InChI=1S/C22H31N5O3/c1-28-19-6-5-18(13-20(19)30-12-4-11-27-9-2-3-10-27)25-22-23-8-7-21(26-22)24-14-17-15-29-16-17/h5-8,13,17H,2-4,9-12,14-16H2,1H3,(H2,23,24,25,26).